The number of aliphatic hydroxyl groups is 3. The third-order valence-electron chi connectivity index (χ3n) is 14.1. The number of aliphatic hydroxyl groups excluding tert-OH is 3. The van der Waals surface area contributed by atoms with Gasteiger partial charge >= 0.3 is 0 Å². The molecule has 5 heteroatoms. The standard InChI is InChI=1S/C59H117NO4/c1-3-5-7-9-11-13-15-17-19-21-23-25-27-28-29-30-32-34-36-38-40-42-44-46-48-50-52-54-58(63)60-56(55-61)59(64)57(62)53-51-49-47-45-43-41-39-37-35-33-31-26-24-22-20-18-16-14-12-10-8-6-4-2/h45,47,56-57,59,61-62,64H,3-44,46,48-55H2,1-2H3,(H,60,63)/b47-45+. The van der Waals surface area contributed by atoms with E-state index in [1.54, 1.807) is 0 Å². The van der Waals surface area contributed by atoms with Crippen molar-refractivity contribution in [3.05, 3.63) is 12.2 Å². The number of allylic oxidation sites excluding steroid dienone is 2. The van der Waals surface area contributed by atoms with Crippen LogP contribution in [0.2, 0.25) is 0 Å². The Kier molecular flexibility index (Phi) is 53.9. The highest BCUT2D eigenvalue weighted by molar-refractivity contribution is 5.76. The molecule has 3 atom stereocenters. The number of unbranched alkanes of at least 4 members (excludes halogenated alkanes) is 45. The maximum atomic E-state index is 12.5. The fourth-order valence-electron chi connectivity index (χ4n) is 9.58. The molecule has 64 heavy (non-hydrogen) atoms. The lowest BCUT2D eigenvalue weighted by molar-refractivity contribution is -0.124. The normalized spacial score (nSPS) is 13.3. The van der Waals surface area contributed by atoms with Gasteiger partial charge < -0.3 is 20.6 Å². The first-order valence-corrected chi connectivity index (χ1v) is 29.5. The molecule has 0 saturated heterocycles. The van der Waals surface area contributed by atoms with Crippen LogP contribution >= 0.6 is 0 Å². The van der Waals surface area contributed by atoms with E-state index >= 15 is 0 Å². The SMILES string of the molecule is CCCCCCCCCCCCCCCCCCCC/C=C/CCCC(O)C(O)C(CO)NC(=O)CCCCCCCCCCCCCCCCCCCCCCCCCCCCC. The molecular weight excluding hydrogens is 787 g/mol. The Labute approximate surface area is 401 Å². The number of carbonyl (C=O) groups is 1. The zero-order chi connectivity index (χ0) is 46.5. The molecule has 0 radical (unpaired) electrons. The van der Waals surface area contributed by atoms with E-state index in [2.05, 4.69) is 31.3 Å². The lowest BCUT2D eigenvalue weighted by Gasteiger charge is -2.26. The summed E-state index contributed by atoms with van der Waals surface area (Å²) in [6.07, 6.45) is 68.1. The number of hydrogen-bond acceptors (Lipinski definition) is 4. The molecule has 382 valence electrons. The van der Waals surface area contributed by atoms with Crippen LogP contribution in [-0.2, 0) is 4.79 Å². The highest BCUT2D eigenvalue weighted by Crippen LogP contribution is 2.18. The van der Waals surface area contributed by atoms with Crippen molar-refractivity contribution in [3.63, 3.8) is 0 Å². The van der Waals surface area contributed by atoms with E-state index in [0.29, 0.717) is 12.8 Å². The quantitative estimate of drug-likeness (QED) is 0.0362. The van der Waals surface area contributed by atoms with Crippen molar-refractivity contribution in [3.8, 4) is 0 Å². The van der Waals surface area contributed by atoms with Crippen LogP contribution in [0.4, 0.5) is 0 Å². The lowest BCUT2D eigenvalue weighted by Crippen LogP contribution is -2.50. The van der Waals surface area contributed by atoms with Crippen LogP contribution in [0.5, 0.6) is 0 Å². The van der Waals surface area contributed by atoms with Gasteiger partial charge in [0.1, 0.15) is 6.10 Å². The minimum absolute atomic E-state index is 0.146. The van der Waals surface area contributed by atoms with Gasteiger partial charge in [0.2, 0.25) is 5.91 Å². The van der Waals surface area contributed by atoms with Crippen molar-refractivity contribution in [2.45, 2.75) is 353 Å². The van der Waals surface area contributed by atoms with Gasteiger partial charge in [0.05, 0.1) is 18.8 Å². The summed E-state index contributed by atoms with van der Waals surface area (Å²) in [6, 6.07) is -0.823. The zero-order valence-corrected chi connectivity index (χ0v) is 43.7. The smallest absolute Gasteiger partial charge is 0.220 e. The largest absolute Gasteiger partial charge is 0.394 e. The summed E-state index contributed by atoms with van der Waals surface area (Å²) in [5, 5.41) is 33.8. The van der Waals surface area contributed by atoms with Crippen molar-refractivity contribution in [2.75, 3.05) is 6.61 Å². The minimum Gasteiger partial charge on any atom is -0.394 e. The van der Waals surface area contributed by atoms with E-state index < -0.39 is 18.2 Å². The maximum Gasteiger partial charge on any atom is 0.220 e. The Morgan fingerprint density at radius 2 is 0.625 bits per heavy atom. The van der Waals surface area contributed by atoms with Gasteiger partial charge in [-0.25, -0.2) is 0 Å². The van der Waals surface area contributed by atoms with E-state index in [1.807, 2.05) is 0 Å². The molecule has 0 aliphatic rings. The summed E-state index contributed by atoms with van der Waals surface area (Å²) in [5.41, 5.74) is 0. The molecule has 0 aromatic heterocycles. The Hall–Kier alpha value is -0.910. The van der Waals surface area contributed by atoms with Gasteiger partial charge in [-0.15, -0.1) is 0 Å². The number of amides is 1. The van der Waals surface area contributed by atoms with Crippen LogP contribution in [0.25, 0.3) is 0 Å². The molecule has 0 fully saturated rings. The molecular formula is C59H117NO4. The second kappa shape index (κ2) is 54.7. The van der Waals surface area contributed by atoms with Crippen LogP contribution in [0.1, 0.15) is 335 Å². The first-order valence-electron chi connectivity index (χ1n) is 29.5. The number of rotatable bonds is 55. The van der Waals surface area contributed by atoms with E-state index in [-0.39, 0.29) is 12.5 Å². The molecule has 0 heterocycles. The molecule has 0 aliphatic carbocycles. The molecule has 0 bridgehead atoms. The molecule has 0 saturated carbocycles. The van der Waals surface area contributed by atoms with Crippen LogP contribution < -0.4 is 5.32 Å². The molecule has 0 spiro atoms. The first kappa shape index (κ1) is 63.1. The van der Waals surface area contributed by atoms with Gasteiger partial charge in [0, 0.05) is 6.42 Å². The third kappa shape index (κ3) is 49.0. The number of nitrogens with one attached hydrogen (secondary N) is 1. The fourth-order valence-corrected chi connectivity index (χ4v) is 9.58. The van der Waals surface area contributed by atoms with Crippen molar-refractivity contribution in [1.82, 2.24) is 5.32 Å². The van der Waals surface area contributed by atoms with Crippen LogP contribution in [0, 0.1) is 0 Å². The number of hydrogen-bond donors (Lipinski definition) is 4. The molecule has 0 aromatic rings. The van der Waals surface area contributed by atoms with Crippen LogP contribution in [0.15, 0.2) is 12.2 Å². The Bertz CT molecular complexity index is 909. The Morgan fingerprint density at radius 3 is 0.906 bits per heavy atom. The van der Waals surface area contributed by atoms with E-state index in [0.717, 1.165) is 38.5 Å². The predicted octanol–water partition coefficient (Wildman–Crippen LogP) is 18.3. The first-order chi connectivity index (χ1) is 31.6. The molecule has 0 aromatic carbocycles. The molecule has 0 rings (SSSR count). The van der Waals surface area contributed by atoms with E-state index in [1.165, 1.54) is 270 Å². The molecule has 3 unspecified atom stereocenters. The Morgan fingerprint density at radius 1 is 0.375 bits per heavy atom. The zero-order valence-electron chi connectivity index (χ0n) is 43.7. The van der Waals surface area contributed by atoms with Crippen molar-refractivity contribution >= 4 is 5.91 Å². The van der Waals surface area contributed by atoms with Gasteiger partial charge in [-0.3, -0.25) is 4.79 Å². The average Bonchev–Trinajstić information content (AvgIpc) is 3.30. The minimum atomic E-state index is -1.16. The van der Waals surface area contributed by atoms with Gasteiger partial charge in [0.15, 0.2) is 0 Å². The predicted molar refractivity (Wildman–Crippen MR) is 282 cm³/mol. The van der Waals surface area contributed by atoms with Crippen molar-refractivity contribution in [1.29, 1.82) is 0 Å². The summed E-state index contributed by atoms with van der Waals surface area (Å²) in [7, 11) is 0. The molecule has 5 nitrogen and oxygen atoms in total. The maximum absolute atomic E-state index is 12.5. The molecule has 1 amide bonds. The van der Waals surface area contributed by atoms with Crippen molar-refractivity contribution < 1.29 is 20.1 Å². The second-order valence-corrected chi connectivity index (χ2v) is 20.6. The molecule has 0 aliphatic heterocycles. The third-order valence-corrected chi connectivity index (χ3v) is 14.1. The van der Waals surface area contributed by atoms with Gasteiger partial charge in [-0.05, 0) is 38.5 Å². The average molecular weight is 905 g/mol. The van der Waals surface area contributed by atoms with Gasteiger partial charge in [-0.1, -0.05) is 302 Å². The van der Waals surface area contributed by atoms with E-state index in [4.69, 9.17) is 0 Å². The summed E-state index contributed by atoms with van der Waals surface area (Å²) in [5.74, 6) is -0.146. The number of carbonyl (C=O) groups excluding carboxylic acids is 1. The van der Waals surface area contributed by atoms with Gasteiger partial charge in [0.25, 0.3) is 0 Å². The Balaban J connectivity index is 3.52. The monoisotopic (exact) mass is 904 g/mol. The fraction of sp³-hybridized carbons (Fsp3) is 0.949. The van der Waals surface area contributed by atoms with E-state index in [9.17, 15) is 20.1 Å². The van der Waals surface area contributed by atoms with Gasteiger partial charge in [-0.2, -0.15) is 0 Å². The highest BCUT2D eigenvalue weighted by atomic mass is 16.3. The summed E-state index contributed by atoms with van der Waals surface area (Å²) in [4.78, 5) is 12.5. The summed E-state index contributed by atoms with van der Waals surface area (Å²) >= 11 is 0. The second-order valence-electron chi connectivity index (χ2n) is 20.6. The topological polar surface area (TPSA) is 89.8 Å². The highest BCUT2D eigenvalue weighted by Gasteiger charge is 2.26. The lowest BCUT2D eigenvalue weighted by atomic mass is 10.0. The summed E-state index contributed by atoms with van der Waals surface area (Å²) < 4.78 is 0. The van der Waals surface area contributed by atoms with Crippen molar-refractivity contribution in [2.24, 2.45) is 0 Å². The van der Waals surface area contributed by atoms with Crippen LogP contribution in [0.3, 0.4) is 0 Å². The van der Waals surface area contributed by atoms with Crippen LogP contribution in [-0.4, -0.2) is 46.1 Å². The molecule has 4 N–H and O–H groups in total. The summed E-state index contributed by atoms with van der Waals surface area (Å²) in [6.45, 7) is 4.22.